The molecular weight excluding hydrogens is 309 g/mol. The summed E-state index contributed by atoms with van der Waals surface area (Å²) in [4.78, 5) is 11.5. The number of benzene rings is 2. The molecule has 4 nitrogen and oxygen atoms in total. The van der Waals surface area contributed by atoms with Crippen molar-refractivity contribution in [1.82, 2.24) is 5.32 Å². The van der Waals surface area contributed by atoms with E-state index in [1.807, 2.05) is 0 Å². The number of hydrogen-bond acceptors (Lipinski definition) is 3. The lowest BCUT2D eigenvalue weighted by atomic mass is 10.1. The Morgan fingerprint density at radius 3 is 2.57 bits per heavy atom. The maximum Gasteiger partial charge on any atom is 0.416 e. The Hall–Kier alpha value is -2.70. The second-order valence-electron chi connectivity index (χ2n) is 4.82. The van der Waals surface area contributed by atoms with E-state index >= 15 is 0 Å². The van der Waals surface area contributed by atoms with Gasteiger partial charge in [0, 0.05) is 12.6 Å². The summed E-state index contributed by atoms with van der Waals surface area (Å²) < 4.78 is 43.4. The van der Waals surface area contributed by atoms with E-state index in [1.54, 1.807) is 0 Å². The number of ether oxygens (including phenoxy) is 1. The molecule has 0 saturated carbocycles. The summed E-state index contributed by atoms with van der Waals surface area (Å²) in [6.45, 7) is -0.0621. The molecule has 0 heterocycles. The predicted molar refractivity (Wildman–Crippen MR) is 80.0 cm³/mol. The number of halogens is 3. The molecule has 0 atom stereocenters. The molecule has 0 aliphatic rings. The zero-order valence-electron chi connectivity index (χ0n) is 12.3. The average Bonchev–Trinajstić information content (AvgIpc) is 2.52. The van der Waals surface area contributed by atoms with Gasteiger partial charge in [-0.05, 0) is 35.9 Å². The molecule has 2 aromatic carbocycles. The topological polar surface area (TPSA) is 64.3 Å². The maximum atomic E-state index is 12.7. The molecule has 3 N–H and O–H groups in total. The normalized spacial score (nSPS) is 11.1. The molecule has 7 heteroatoms. The summed E-state index contributed by atoms with van der Waals surface area (Å²) in [5, 5.41) is 2.46. The van der Waals surface area contributed by atoms with E-state index in [2.05, 4.69) is 5.32 Å². The van der Waals surface area contributed by atoms with Crippen molar-refractivity contribution in [3.63, 3.8) is 0 Å². The van der Waals surface area contributed by atoms with Gasteiger partial charge in [-0.15, -0.1) is 0 Å². The number of nitrogens with one attached hydrogen (secondary N) is 1. The lowest BCUT2D eigenvalue weighted by Gasteiger charge is -2.12. The van der Waals surface area contributed by atoms with Crippen molar-refractivity contribution in [3.8, 4) is 5.75 Å². The average molecular weight is 324 g/mol. The molecule has 0 radical (unpaired) electrons. The Bertz CT molecular complexity index is 715. The summed E-state index contributed by atoms with van der Waals surface area (Å²) in [6.07, 6.45) is -4.40. The highest BCUT2D eigenvalue weighted by atomic mass is 19.4. The maximum absolute atomic E-state index is 12.7. The van der Waals surface area contributed by atoms with Gasteiger partial charge in [0.1, 0.15) is 12.4 Å². The number of anilines is 1. The molecule has 0 aromatic heterocycles. The minimum absolute atomic E-state index is 0.0621. The van der Waals surface area contributed by atoms with Crippen LogP contribution in [0, 0.1) is 0 Å². The number of carbonyl (C=O) groups excluding carboxylic acids is 1. The fourth-order valence-corrected chi connectivity index (χ4v) is 1.96. The van der Waals surface area contributed by atoms with Gasteiger partial charge in [0.2, 0.25) is 0 Å². The Morgan fingerprint density at radius 1 is 1.22 bits per heavy atom. The van der Waals surface area contributed by atoms with Crippen LogP contribution in [0.4, 0.5) is 18.9 Å². The Kier molecular flexibility index (Phi) is 4.78. The number of hydrogen-bond donors (Lipinski definition) is 2. The quantitative estimate of drug-likeness (QED) is 0.849. The molecule has 0 unspecified atom stereocenters. The molecule has 0 spiro atoms. The smallest absolute Gasteiger partial charge is 0.416 e. The van der Waals surface area contributed by atoms with Crippen LogP contribution in [0.2, 0.25) is 0 Å². The first kappa shape index (κ1) is 16.7. The zero-order valence-corrected chi connectivity index (χ0v) is 12.3. The second kappa shape index (κ2) is 6.60. The monoisotopic (exact) mass is 324 g/mol. The van der Waals surface area contributed by atoms with Crippen molar-refractivity contribution in [3.05, 3.63) is 59.2 Å². The Labute approximate surface area is 131 Å². The van der Waals surface area contributed by atoms with Gasteiger partial charge in [-0.2, -0.15) is 13.2 Å². The van der Waals surface area contributed by atoms with Crippen LogP contribution in [0.1, 0.15) is 21.5 Å². The highest BCUT2D eigenvalue weighted by Gasteiger charge is 2.30. The molecule has 23 heavy (non-hydrogen) atoms. The molecule has 0 bridgehead atoms. The molecule has 0 fully saturated rings. The molecule has 0 aliphatic heterocycles. The number of rotatable bonds is 4. The second-order valence-corrected chi connectivity index (χ2v) is 4.82. The van der Waals surface area contributed by atoms with Gasteiger partial charge < -0.3 is 15.8 Å². The largest absolute Gasteiger partial charge is 0.487 e. The number of nitrogen functional groups attached to an aromatic ring is 1. The lowest BCUT2D eigenvalue weighted by molar-refractivity contribution is -0.137. The Morgan fingerprint density at radius 2 is 1.96 bits per heavy atom. The molecule has 122 valence electrons. The van der Waals surface area contributed by atoms with E-state index in [0.717, 1.165) is 12.1 Å². The van der Waals surface area contributed by atoms with E-state index < -0.39 is 11.7 Å². The molecule has 0 aliphatic carbocycles. The SMILES string of the molecule is CNC(=O)c1ccc(OCc2cccc(C(F)(F)F)c2)c(N)c1. The van der Waals surface area contributed by atoms with Crippen LogP contribution in [0.25, 0.3) is 0 Å². The van der Waals surface area contributed by atoms with E-state index in [4.69, 9.17) is 10.5 Å². The fraction of sp³-hybridized carbons (Fsp3) is 0.188. The predicted octanol–water partition coefficient (Wildman–Crippen LogP) is 3.23. The Balaban J connectivity index is 2.11. The van der Waals surface area contributed by atoms with Crippen LogP contribution >= 0.6 is 0 Å². The highest BCUT2D eigenvalue weighted by Crippen LogP contribution is 2.30. The van der Waals surface area contributed by atoms with E-state index in [-0.39, 0.29) is 18.2 Å². The summed E-state index contributed by atoms with van der Waals surface area (Å²) in [5.74, 6) is 0.0104. The summed E-state index contributed by atoms with van der Waals surface area (Å²) in [6, 6.07) is 9.35. The first-order valence-electron chi connectivity index (χ1n) is 6.72. The van der Waals surface area contributed by atoms with Crippen molar-refractivity contribution in [2.24, 2.45) is 0 Å². The van der Waals surface area contributed by atoms with Crippen molar-refractivity contribution in [2.45, 2.75) is 12.8 Å². The van der Waals surface area contributed by atoms with Crippen molar-refractivity contribution in [1.29, 1.82) is 0 Å². The van der Waals surface area contributed by atoms with Gasteiger partial charge in [0.25, 0.3) is 5.91 Å². The third kappa shape index (κ3) is 4.15. The summed E-state index contributed by atoms with van der Waals surface area (Å²) >= 11 is 0. The van der Waals surface area contributed by atoms with Crippen LogP contribution in [0.15, 0.2) is 42.5 Å². The molecule has 2 aromatic rings. The lowest BCUT2D eigenvalue weighted by Crippen LogP contribution is -2.17. The van der Waals surface area contributed by atoms with Gasteiger partial charge >= 0.3 is 6.18 Å². The fourth-order valence-electron chi connectivity index (χ4n) is 1.96. The van der Waals surface area contributed by atoms with Crippen LogP contribution in [-0.2, 0) is 12.8 Å². The summed E-state index contributed by atoms with van der Waals surface area (Å²) in [7, 11) is 1.50. The first-order chi connectivity index (χ1) is 10.8. The molecule has 2 rings (SSSR count). The van der Waals surface area contributed by atoms with Crippen LogP contribution in [-0.4, -0.2) is 13.0 Å². The number of nitrogens with two attached hydrogens (primary N) is 1. The van der Waals surface area contributed by atoms with Crippen LogP contribution in [0.3, 0.4) is 0 Å². The minimum atomic E-state index is -4.40. The van der Waals surface area contributed by atoms with E-state index in [0.29, 0.717) is 16.9 Å². The van der Waals surface area contributed by atoms with Gasteiger partial charge in [0.05, 0.1) is 11.3 Å². The van der Waals surface area contributed by atoms with Crippen molar-refractivity contribution < 1.29 is 22.7 Å². The molecule has 0 saturated heterocycles. The van der Waals surface area contributed by atoms with Gasteiger partial charge in [0.15, 0.2) is 0 Å². The number of alkyl halides is 3. The third-order valence-corrected chi connectivity index (χ3v) is 3.15. The standard InChI is InChI=1S/C16H15F3N2O2/c1-21-15(22)11-5-6-14(13(20)8-11)23-9-10-3-2-4-12(7-10)16(17,18)19/h2-8H,9,20H2,1H3,(H,21,22). The van der Waals surface area contributed by atoms with Gasteiger partial charge in [-0.25, -0.2) is 0 Å². The van der Waals surface area contributed by atoms with Gasteiger partial charge in [-0.3, -0.25) is 4.79 Å². The number of amides is 1. The number of carbonyl (C=O) groups is 1. The van der Waals surface area contributed by atoms with E-state index in [1.165, 1.54) is 37.4 Å². The molecular formula is C16H15F3N2O2. The third-order valence-electron chi connectivity index (χ3n) is 3.15. The minimum Gasteiger partial charge on any atom is -0.487 e. The van der Waals surface area contributed by atoms with Gasteiger partial charge in [-0.1, -0.05) is 12.1 Å². The van der Waals surface area contributed by atoms with Crippen molar-refractivity contribution >= 4 is 11.6 Å². The van der Waals surface area contributed by atoms with Crippen molar-refractivity contribution in [2.75, 3.05) is 12.8 Å². The first-order valence-corrected chi connectivity index (χ1v) is 6.72. The van der Waals surface area contributed by atoms with Crippen LogP contribution < -0.4 is 15.8 Å². The highest BCUT2D eigenvalue weighted by molar-refractivity contribution is 5.95. The zero-order chi connectivity index (χ0) is 17.0. The summed E-state index contributed by atoms with van der Waals surface area (Å²) in [5.41, 5.74) is 6.03. The van der Waals surface area contributed by atoms with E-state index in [9.17, 15) is 18.0 Å². The molecule has 1 amide bonds. The van der Waals surface area contributed by atoms with Crippen LogP contribution in [0.5, 0.6) is 5.75 Å².